The first-order valence-corrected chi connectivity index (χ1v) is 3.16. The van der Waals surface area contributed by atoms with E-state index in [0.29, 0.717) is 11.0 Å². The summed E-state index contributed by atoms with van der Waals surface area (Å²) >= 11 is 5.67. The van der Waals surface area contributed by atoms with Crippen molar-refractivity contribution in [2.75, 3.05) is 5.73 Å². The zero-order valence-electron chi connectivity index (χ0n) is 5.34. The average Bonchev–Trinajstić information content (AvgIpc) is 1.88. The molecule has 2 nitrogen and oxygen atoms in total. The molecule has 1 heterocycles. The van der Waals surface area contributed by atoms with Crippen LogP contribution in [-0.2, 0) is 0 Å². The van der Waals surface area contributed by atoms with Gasteiger partial charge in [0.15, 0.2) is 0 Å². The Morgan fingerprint density at radius 3 is 2.80 bits per heavy atom. The largest absolute Gasteiger partial charge is 0.384 e. The maximum absolute atomic E-state index is 5.67. The number of rotatable bonds is 1. The molecule has 0 aliphatic rings. The SMILES string of the molecule is C=Cc1ccc(N)nc1Cl. The van der Waals surface area contributed by atoms with Crippen LogP contribution in [0.15, 0.2) is 18.7 Å². The molecule has 52 valence electrons. The summed E-state index contributed by atoms with van der Waals surface area (Å²) < 4.78 is 0. The molecule has 0 spiro atoms. The van der Waals surface area contributed by atoms with Crippen LogP contribution in [0.25, 0.3) is 6.08 Å². The monoisotopic (exact) mass is 154 g/mol. The van der Waals surface area contributed by atoms with Gasteiger partial charge in [0.25, 0.3) is 0 Å². The zero-order chi connectivity index (χ0) is 7.56. The maximum Gasteiger partial charge on any atom is 0.138 e. The second kappa shape index (κ2) is 2.71. The first-order chi connectivity index (χ1) is 4.74. The molecule has 0 aliphatic carbocycles. The fourth-order valence-corrected chi connectivity index (χ4v) is 0.849. The smallest absolute Gasteiger partial charge is 0.138 e. The van der Waals surface area contributed by atoms with Crippen molar-refractivity contribution >= 4 is 23.5 Å². The van der Waals surface area contributed by atoms with Crippen molar-refractivity contribution in [1.29, 1.82) is 0 Å². The van der Waals surface area contributed by atoms with E-state index in [-0.39, 0.29) is 0 Å². The highest BCUT2D eigenvalue weighted by atomic mass is 35.5. The lowest BCUT2D eigenvalue weighted by molar-refractivity contribution is 1.32. The van der Waals surface area contributed by atoms with Crippen molar-refractivity contribution in [3.05, 3.63) is 29.4 Å². The molecule has 0 unspecified atom stereocenters. The van der Waals surface area contributed by atoms with Crippen LogP contribution in [0.3, 0.4) is 0 Å². The Balaban J connectivity index is 3.19. The number of nitrogens with two attached hydrogens (primary N) is 1. The van der Waals surface area contributed by atoms with Crippen molar-refractivity contribution in [3.63, 3.8) is 0 Å². The Kier molecular flexibility index (Phi) is 1.92. The van der Waals surface area contributed by atoms with Gasteiger partial charge in [-0.15, -0.1) is 0 Å². The zero-order valence-corrected chi connectivity index (χ0v) is 6.10. The van der Waals surface area contributed by atoms with E-state index in [4.69, 9.17) is 17.3 Å². The number of aromatic nitrogens is 1. The summed E-state index contributed by atoms with van der Waals surface area (Å²) in [7, 11) is 0. The Hall–Kier alpha value is -1.02. The lowest BCUT2D eigenvalue weighted by atomic mass is 10.3. The summed E-state index contributed by atoms with van der Waals surface area (Å²) in [4.78, 5) is 3.82. The third kappa shape index (κ3) is 1.28. The van der Waals surface area contributed by atoms with Gasteiger partial charge in [0, 0.05) is 5.56 Å². The minimum atomic E-state index is 0.398. The van der Waals surface area contributed by atoms with Gasteiger partial charge in [-0.05, 0) is 12.1 Å². The molecule has 2 N–H and O–H groups in total. The first kappa shape index (κ1) is 7.09. The van der Waals surface area contributed by atoms with Gasteiger partial charge in [-0.2, -0.15) is 0 Å². The van der Waals surface area contributed by atoms with Crippen LogP contribution in [-0.4, -0.2) is 4.98 Å². The van der Waals surface area contributed by atoms with E-state index in [1.807, 2.05) is 0 Å². The van der Waals surface area contributed by atoms with Gasteiger partial charge in [-0.25, -0.2) is 4.98 Å². The molecule has 0 amide bonds. The summed E-state index contributed by atoms with van der Waals surface area (Å²) in [5.74, 6) is 0.426. The van der Waals surface area contributed by atoms with Gasteiger partial charge in [-0.1, -0.05) is 24.3 Å². The molecular weight excluding hydrogens is 148 g/mol. The number of halogens is 1. The molecule has 1 aromatic rings. The molecule has 1 rings (SSSR count). The summed E-state index contributed by atoms with van der Waals surface area (Å²) in [5.41, 5.74) is 6.15. The number of nitrogens with zero attached hydrogens (tertiary/aromatic N) is 1. The fourth-order valence-electron chi connectivity index (χ4n) is 0.611. The second-order valence-corrected chi connectivity index (χ2v) is 2.18. The van der Waals surface area contributed by atoms with Crippen LogP contribution in [0.1, 0.15) is 5.56 Å². The van der Waals surface area contributed by atoms with Gasteiger partial charge < -0.3 is 5.73 Å². The molecule has 0 atom stereocenters. The van der Waals surface area contributed by atoms with E-state index in [0.717, 1.165) is 5.56 Å². The van der Waals surface area contributed by atoms with Crippen molar-refractivity contribution in [3.8, 4) is 0 Å². The average molecular weight is 155 g/mol. The van der Waals surface area contributed by atoms with Gasteiger partial charge in [0.2, 0.25) is 0 Å². The van der Waals surface area contributed by atoms with E-state index in [9.17, 15) is 0 Å². The quantitative estimate of drug-likeness (QED) is 0.628. The molecule has 0 aromatic carbocycles. The van der Waals surface area contributed by atoms with Gasteiger partial charge >= 0.3 is 0 Å². The predicted octanol–water partition coefficient (Wildman–Crippen LogP) is 1.96. The number of nitrogen functional groups attached to an aromatic ring is 1. The highest BCUT2D eigenvalue weighted by molar-refractivity contribution is 6.30. The van der Waals surface area contributed by atoms with Crippen molar-refractivity contribution in [2.24, 2.45) is 0 Å². The van der Waals surface area contributed by atoms with Gasteiger partial charge in [0.05, 0.1) is 0 Å². The van der Waals surface area contributed by atoms with Crippen molar-refractivity contribution in [2.45, 2.75) is 0 Å². The van der Waals surface area contributed by atoms with Crippen LogP contribution < -0.4 is 5.73 Å². The summed E-state index contributed by atoms with van der Waals surface area (Å²) in [6, 6.07) is 3.46. The maximum atomic E-state index is 5.67. The minimum absolute atomic E-state index is 0.398. The Morgan fingerprint density at radius 2 is 2.30 bits per heavy atom. The summed E-state index contributed by atoms with van der Waals surface area (Å²) in [6.45, 7) is 3.56. The highest BCUT2D eigenvalue weighted by Gasteiger charge is 1.95. The van der Waals surface area contributed by atoms with E-state index >= 15 is 0 Å². The number of anilines is 1. The molecule has 0 radical (unpaired) electrons. The third-order valence-electron chi connectivity index (χ3n) is 1.12. The minimum Gasteiger partial charge on any atom is -0.384 e. The molecule has 0 fully saturated rings. The lowest BCUT2D eigenvalue weighted by Gasteiger charge is -1.96. The van der Waals surface area contributed by atoms with Gasteiger partial charge in [-0.3, -0.25) is 0 Å². The summed E-state index contributed by atoms with van der Waals surface area (Å²) in [5, 5.41) is 0.398. The molecular formula is C7H7ClN2. The van der Waals surface area contributed by atoms with Crippen LogP contribution in [0.5, 0.6) is 0 Å². The normalized spacial score (nSPS) is 9.30. The lowest BCUT2D eigenvalue weighted by Crippen LogP contribution is -1.90. The molecule has 10 heavy (non-hydrogen) atoms. The Labute approximate surface area is 64.3 Å². The van der Waals surface area contributed by atoms with Crippen LogP contribution >= 0.6 is 11.6 Å². The molecule has 0 bridgehead atoms. The fraction of sp³-hybridized carbons (Fsp3) is 0. The Bertz CT molecular complexity index is 258. The third-order valence-corrected chi connectivity index (χ3v) is 1.42. The van der Waals surface area contributed by atoms with Crippen molar-refractivity contribution in [1.82, 2.24) is 4.98 Å². The number of hydrogen-bond donors (Lipinski definition) is 1. The van der Waals surface area contributed by atoms with Crippen LogP contribution in [0, 0.1) is 0 Å². The number of pyridine rings is 1. The van der Waals surface area contributed by atoms with Gasteiger partial charge in [0.1, 0.15) is 11.0 Å². The highest BCUT2D eigenvalue weighted by Crippen LogP contribution is 2.14. The second-order valence-electron chi connectivity index (χ2n) is 1.82. The summed E-state index contributed by atoms with van der Waals surface area (Å²) in [6.07, 6.45) is 1.63. The molecule has 0 saturated carbocycles. The van der Waals surface area contributed by atoms with E-state index in [2.05, 4.69) is 11.6 Å². The van der Waals surface area contributed by atoms with Crippen LogP contribution in [0.2, 0.25) is 5.15 Å². The predicted molar refractivity (Wildman–Crippen MR) is 43.8 cm³/mol. The Morgan fingerprint density at radius 1 is 1.60 bits per heavy atom. The molecule has 0 aliphatic heterocycles. The van der Waals surface area contributed by atoms with E-state index < -0.39 is 0 Å². The standard InChI is InChI=1S/C7H7ClN2/c1-2-5-3-4-6(9)10-7(5)8/h2-4H,1H2,(H2,9,10). The first-order valence-electron chi connectivity index (χ1n) is 2.78. The van der Waals surface area contributed by atoms with Crippen LogP contribution in [0.4, 0.5) is 5.82 Å². The van der Waals surface area contributed by atoms with E-state index in [1.54, 1.807) is 18.2 Å². The van der Waals surface area contributed by atoms with E-state index in [1.165, 1.54) is 0 Å². The molecule has 3 heteroatoms. The topological polar surface area (TPSA) is 38.9 Å². The number of hydrogen-bond acceptors (Lipinski definition) is 2. The molecule has 0 saturated heterocycles. The molecule has 1 aromatic heterocycles. The van der Waals surface area contributed by atoms with Crippen molar-refractivity contribution < 1.29 is 0 Å².